The molecule has 92 valence electrons. The maximum atomic E-state index is 11.4. The van der Waals surface area contributed by atoms with E-state index in [9.17, 15) is 13.2 Å². The molecule has 0 rings (SSSR count). The lowest BCUT2D eigenvalue weighted by atomic mass is 10.3. The zero-order chi connectivity index (χ0) is 12.6. The van der Waals surface area contributed by atoms with Crippen molar-refractivity contribution in [3.05, 3.63) is 0 Å². The first kappa shape index (κ1) is 14.9. The van der Waals surface area contributed by atoms with Crippen molar-refractivity contribution in [3.63, 3.8) is 0 Å². The van der Waals surface area contributed by atoms with E-state index in [1.54, 1.807) is 6.92 Å². The van der Waals surface area contributed by atoms with Crippen molar-refractivity contribution in [1.82, 2.24) is 5.32 Å². The van der Waals surface area contributed by atoms with Crippen molar-refractivity contribution < 1.29 is 13.2 Å². The molecule has 0 aromatic rings. The number of nitrogens with two attached hydrogens (primary N) is 1. The second-order valence-corrected chi connectivity index (χ2v) is 5.59. The van der Waals surface area contributed by atoms with Crippen LogP contribution in [-0.2, 0) is 14.6 Å². The molecule has 1 unspecified atom stereocenters. The monoisotopic (exact) mass is 247 g/mol. The van der Waals surface area contributed by atoms with Gasteiger partial charge in [-0.25, -0.2) is 8.42 Å². The molecule has 1 amide bonds. The molecule has 0 saturated carbocycles. The van der Waals surface area contributed by atoms with E-state index in [0.717, 1.165) is 0 Å². The van der Waals surface area contributed by atoms with E-state index in [1.807, 2.05) is 6.07 Å². The molecule has 0 aliphatic carbocycles. The van der Waals surface area contributed by atoms with Gasteiger partial charge in [0, 0.05) is 12.6 Å². The van der Waals surface area contributed by atoms with Crippen molar-refractivity contribution in [2.24, 2.45) is 5.73 Å². The molecule has 0 aliphatic rings. The second-order valence-electron chi connectivity index (χ2n) is 3.48. The van der Waals surface area contributed by atoms with Gasteiger partial charge in [-0.3, -0.25) is 4.79 Å². The summed E-state index contributed by atoms with van der Waals surface area (Å²) < 4.78 is 22.9. The predicted molar refractivity (Wildman–Crippen MR) is 60.2 cm³/mol. The number of rotatable bonds is 7. The van der Waals surface area contributed by atoms with Crippen molar-refractivity contribution >= 4 is 15.7 Å². The first-order chi connectivity index (χ1) is 7.41. The largest absolute Gasteiger partial charge is 0.354 e. The molecule has 6 nitrogen and oxygen atoms in total. The maximum Gasteiger partial charge on any atom is 0.235 e. The Morgan fingerprint density at radius 3 is 2.69 bits per heavy atom. The first-order valence-corrected chi connectivity index (χ1v) is 6.83. The number of amides is 1. The van der Waals surface area contributed by atoms with Crippen LogP contribution in [0, 0.1) is 11.3 Å². The molecule has 0 bridgehead atoms. The van der Waals surface area contributed by atoms with Gasteiger partial charge in [-0.05, 0) is 6.42 Å². The lowest BCUT2D eigenvalue weighted by Gasteiger charge is -2.09. The van der Waals surface area contributed by atoms with Crippen LogP contribution in [0.25, 0.3) is 0 Å². The summed E-state index contributed by atoms with van der Waals surface area (Å²) in [5, 5.41) is 10.6. The van der Waals surface area contributed by atoms with Gasteiger partial charge >= 0.3 is 0 Å². The van der Waals surface area contributed by atoms with E-state index in [-0.39, 0.29) is 18.7 Å². The lowest BCUT2D eigenvalue weighted by molar-refractivity contribution is -0.118. The summed E-state index contributed by atoms with van der Waals surface area (Å²) in [4.78, 5) is 11.2. The van der Waals surface area contributed by atoms with Gasteiger partial charge in [-0.1, -0.05) is 6.92 Å². The molecule has 0 aromatic carbocycles. The van der Waals surface area contributed by atoms with Crippen LogP contribution in [0.3, 0.4) is 0 Å². The van der Waals surface area contributed by atoms with Gasteiger partial charge in [-0.15, -0.1) is 0 Å². The Labute approximate surface area is 95.7 Å². The van der Waals surface area contributed by atoms with Gasteiger partial charge < -0.3 is 11.1 Å². The van der Waals surface area contributed by atoms with Gasteiger partial charge in [-0.2, -0.15) is 5.26 Å². The molecule has 0 heterocycles. The van der Waals surface area contributed by atoms with Gasteiger partial charge in [0.05, 0.1) is 18.2 Å². The average Bonchev–Trinajstić information content (AvgIpc) is 2.16. The summed E-state index contributed by atoms with van der Waals surface area (Å²) in [6.07, 6.45) is 0.718. The predicted octanol–water partition coefficient (Wildman–Crippen LogP) is -0.832. The minimum atomic E-state index is -3.45. The molecule has 3 N–H and O–H groups in total. The summed E-state index contributed by atoms with van der Waals surface area (Å²) >= 11 is 0. The van der Waals surface area contributed by atoms with Gasteiger partial charge in [0.2, 0.25) is 5.91 Å². The van der Waals surface area contributed by atoms with Crippen molar-refractivity contribution in [3.8, 4) is 6.07 Å². The number of carbonyl (C=O) groups is 1. The van der Waals surface area contributed by atoms with Gasteiger partial charge in [0.15, 0.2) is 9.84 Å². The van der Waals surface area contributed by atoms with E-state index in [4.69, 9.17) is 11.0 Å². The fraction of sp³-hybridized carbons (Fsp3) is 0.778. The van der Waals surface area contributed by atoms with Crippen LogP contribution in [0.4, 0.5) is 0 Å². The fourth-order valence-corrected chi connectivity index (χ4v) is 2.52. The van der Waals surface area contributed by atoms with E-state index in [1.165, 1.54) is 0 Å². The van der Waals surface area contributed by atoms with E-state index in [2.05, 4.69) is 5.32 Å². The molecule has 1 atom stereocenters. The van der Waals surface area contributed by atoms with Crippen LogP contribution in [0.2, 0.25) is 0 Å². The fourth-order valence-electron chi connectivity index (χ4n) is 1.01. The molecular formula is C9H17N3O3S. The number of sulfone groups is 1. The molecule has 0 radical (unpaired) electrons. The summed E-state index contributed by atoms with van der Waals surface area (Å²) in [5.74, 6) is -1.33. The molecular weight excluding hydrogens is 230 g/mol. The van der Waals surface area contributed by atoms with E-state index < -0.39 is 27.5 Å². The summed E-state index contributed by atoms with van der Waals surface area (Å²) in [6, 6.07) is 1.41. The maximum absolute atomic E-state index is 11.4. The molecule has 16 heavy (non-hydrogen) atoms. The second kappa shape index (κ2) is 7.19. The van der Waals surface area contributed by atoms with Crippen LogP contribution in [-0.4, -0.2) is 38.4 Å². The number of carbonyl (C=O) groups excluding carboxylic acids is 1. The number of nitriles is 1. The Bertz CT molecular complexity index is 359. The first-order valence-electron chi connectivity index (χ1n) is 5.01. The zero-order valence-corrected chi connectivity index (χ0v) is 10.1. The van der Waals surface area contributed by atoms with Crippen LogP contribution in [0.1, 0.15) is 19.8 Å². The highest BCUT2D eigenvalue weighted by molar-refractivity contribution is 7.92. The third kappa shape index (κ3) is 7.20. The highest BCUT2D eigenvalue weighted by Gasteiger charge is 2.19. The molecule has 0 saturated heterocycles. The molecule has 0 fully saturated rings. The topological polar surface area (TPSA) is 113 Å². The van der Waals surface area contributed by atoms with E-state index >= 15 is 0 Å². The highest BCUT2D eigenvalue weighted by Crippen LogP contribution is 1.96. The Morgan fingerprint density at radius 2 is 2.19 bits per heavy atom. The van der Waals surface area contributed by atoms with Crippen molar-refractivity contribution in [2.75, 3.05) is 18.1 Å². The smallest absolute Gasteiger partial charge is 0.235 e. The van der Waals surface area contributed by atoms with Crippen LogP contribution < -0.4 is 11.1 Å². The molecule has 0 aromatic heterocycles. The zero-order valence-electron chi connectivity index (χ0n) is 9.27. The van der Waals surface area contributed by atoms with Gasteiger partial charge in [0.25, 0.3) is 0 Å². The summed E-state index contributed by atoms with van der Waals surface area (Å²) in [5.41, 5.74) is 5.50. The van der Waals surface area contributed by atoms with E-state index in [0.29, 0.717) is 6.42 Å². The Balaban J connectivity index is 4.07. The Hall–Kier alpha value is -1.13. The minimum absolute atomic E-state index is 0.167. The lowest BCUT2D eigenvalue weighted by Crippen LogP contribution is -2.36. The Morgan fingerprint density at radius 1 is 1.56 bits per heavy atom. The number of hydrogen-bond donors (Lipinski definition) is 2. The SMILES string of the molecule is CCC(N)CS(=O)(=O)CC(=O)NCCC#N. The quantitative estimate of drug-likeness (QED) is 0.570. The van der Waals surface area contributed by atoms with Crippen LogP contribution in [0.15, 0.2) is 0 Å². The summed E-state index contributed by atoms with van der Waals surface area (Å²) in [6.45, 7) is 1.96. The number of nitrogens with zero attached hydrogens (tertiary/aromatic N) is 1. The minimum Gasteiger partial charge on any atom is -0.354 e. The number of hydrogen-bond acceptors (Lipinski definition) is 5. The van der Waals surface area contributed by atoms with Crippen molar-refractivity contribution in [1.29, 1.82) is 5.26 Å². The molecule has 0 spiro atoms. The third-order valence-electron chi connectivity index (χ3n) is 1.90. The molecule has 0 aliphatic heterocycles. The normalized spacial score (nSPS) is 12.8. The standard InChI is InChI=1S/C9H17N3O3S/c1-2-8(11)6-16(14,15)7-9(13)12-5-3-4-10/h8H,2-3,5-7,11H2,1H3,(H,12,13). The highest BCUT2D eigenvalue weighted by atomic mass is 32.2. The van der Waals surface area contributed by atoms with Gasteiger partial charge in [0.1, 0.15) is 5.75 Å². The van der Waals surface area contributed by atoms with Crippen LogP contribution >= 0.6 is 0 Å². The van der Waals surface area contributed by atoms with Crippen LogP contribution in [0.5, 0.6) is 0 Å². The Kier molecular flexibility index (Phi) is 6.69. The molecule has 7 heteroatoms. The summed E-state index contributed by atoms with van der Waals surface area (Å²) in [7, 11) is -3.45. The van der Waals surface area contributed by atoms with Crippen molar-refractivity contribution in [2.45, 2.75) is 25.8 Å². The third-order valence-corrected chi connectivity index (χ3v) is 3.54. The average molecular weight is 247 g/mol. The number of nitrogens with one attached hydrogen (secondary N) is 1.